The standard InChI is InChI=1S/C26H20N2O7/c1-33-22-12-18-15-6-4-5-9-20(15)35-21(18)13-19(22)27-23(29)14-34-24(30)10-11-28-25(31)16-7-2-3-8-17(16)26(28)32/h2-9,12-13H,10-11,14H2,1H3,(H,27,29). The Bertz CT molecular complexity index is 1470. The number of imide groups is 1. The summed E-state index contributed by atoms with van der Waals surface area (Å²) in [6.45, 7) is -0.675. The van der Waals surface area contributed by atoms with Gasteiger partial charge in [0.1, 0.15) is 16.9 Å². The second kappa shape index (κ2) is 8.94. The molecular weight excluding hydrogens is 452 g/mol. The average molecular weight is 472 g/mol. The molecule has 0 aliphatic carbocycles. The molecular formula is C26H20N2O7. The summed E-state index contributed by atoms with van der Waals surface area (Å²) in [5, 5.41) is 4.42. The molecule has 0 bridgehead atoms. The van der Waals surface area contributed by atoms with Gasteiger partial charge in [-0.15, -0.1) is 0 Å². The Morgan fingerprint density at radius 3 is 2.31 bits per heavy atom. The third-order valence-corrected chi connectivity index (χ3v) is 5.75. The number of rotatable bonds is 7. The Balaban J connectivity index is 1.19. The van der Waals surface area contributed by atoms with Crippen molar-refractivity contribution in [3.8, 4) is 5.75 Å². The molecule has 1 N–H and O–H groups in total. The van der Waals surface area contributed by atoms with Crippen LogP contribution >= 0.6 is 0 Å². The van der Waals surface area contributed by atoms with Crippen molar-refractivity contribution < 1.29 is 33.1 Å². The molecule has 0 saturated carbocycles. The fourth-order valence-corrected chi connectivity index (χ4v) is 4.07. The van der Waals surface area contributed by atoms with Crippen LogP contribution in [0.15, 0.2) is 65.1 Å². The highest BCUT2D eigenvalue weighted by atomic mass is 16.5. The van der Waals surface area contributed by atoms with Crippen LogP contribution < -0.4 is 10.1 Å². The molecule has 3 amide bonds. The van der Waals surface area contributed by atoms with E-state index in [1.807, 2.05) is 24.3 Å². The number of amides is 3. The van der Waals surface area contributed by atoms with Crippen molar-refractivity contribution in [3.05, 3.63) is 71.8 Å². The van der Waals surface area contributed by atoms with Crippen LogP contribution in [0.25, 0.3) is 21.9 Å². The monoisotopic (exact) mass is 472 g/mol. The number of nitrogens with one attached hydrogen (secondary N) is 1. The Morgan fingerprint density at radius 2 is 1.60 bits per heavy atom. The van der Waals surface area contributed by atoms with Crippen LogP contribution in [0, 0.1) is 0 Å². The number of ether oxygens (including phenoxy) is 2. The van der Waals surface area contributed by atoms with E-state index in [2.05, 4.69) is 5.32 Å². The number of nitrogens with zero attached hydrogens (tertiary/aromatic N) is 1. The summed E-state index contributed by atoms with van der Waals surface area (Å²) < 4.78 is 16.3. The van der Waals surface area contributed by atoms with E-state index in [0.29, 0.717) is 33.7 Å². The number of methoxy groups -OCH3 is 1. The first-order chi connectivity index (χ1) is 17.0. The highest BCUT2D eigenvalue weighted by Gasteiger charge is 2.35. The summed E-state index contributed by atoms with van der Waals surface area (Å²) in [7, 11) is 1.48. The molecule has 0 spiro atoms. The Labute approximate surface area is 199 Å². The highest BCUT2D eigenvalue weighted by molar-refractivity contribution is 6.21. The van der Waals surface area contributed by atoms with E-state index >= 15 is 0 Å². The van der Waals surface area contributed by atoms with Crippen molar-refractivity contribution in [2.45, 2.75) is 6.42 Å². The molecule has 0 saturated heterocycles. The number of anilines is 1. The second-order valence-electron chi connectivity index (χ2n) is 7.91. The molecule has 0 radical (unpaired) electrons. The Hall–Kier alpha value is -4.66. The van der Waals surface area contributed by atoms with Crippen molar-refractivity contribution in [2.75, 3.05) is 25.6 Å². The lowest BCUT2D eigenvalue weighted by atomic mass is 10.1. The molecule has 1 aliphatic rings. The van der Waals surface area contributed by atoms with E-state index in [0.717, 1.165) is 15.7 Å². The molecule has 1 aromatic heterocycles. The van der Waals surface area contributed by atoms with Gasteiger partial charge in [-0.2, -0.15) is 0 Å². The minimum atomic E-state index is -0.712. The van der Waals surface area contributed by atoms with Gasteiger partial charge in [0.25, 0.3) is 17.7 Å². The predicted molar refractivity (Wildman–Crippen MR) is 126 cm³/mol. The molecule has 176 valence electrons. The fraction of sp³-hybridized carbons (Fsp3) is 0.154. The van der Waals surface area contributed by atoms with Crippen LogP contribution in [0.5, 0.6) is 5.75 Å². The number of carbonyl (C=O) groups is 4. The maximum atomic E-state index is 12.4. The largest absolute Gasteiger partial charge is 0.495 e. The third kappa shape index (κ3) is 4.08. The molecule has 5 rings (SSSR count). The summed E-state index contributed by atoms with van der Waals surface area (Å²) in [5.41, 5.74) is 2.26. The average Bonchev–Trinajstić information content (AvgIpc) is 3.35. The maximum absolute atomic E-state index is 12.4. The van der Waals surface area contributed by atoms with E-state index in [1.165, 1.54) is 7.11 Å². The fourth-order valence-electron chi connectivity index (χ4n) is 4.07. The maximum Gasteiger partial charge on any atom is 0.308 e. The topological polar surface area (TPSA) is 115 Å². The molecule has 3 aromatic carbocycles. The van der Waals surface area contributed by atoms with Gasteiger partial charge in [0.15, 0.2) is 6.61 Å². The number of furan rings is 1. The first kappa shape index (κ1) is 22.1. The highest BCUT2D eigenvalue weighted by Crippen LogP contribution is 2.36. The number of carbonyl (C=O) groups excluding carboxylic acids is 4. The van der Waals surface area contributed by atoms with E-state index in [9.17, 15) is 19.2 Å². The molecule has 0 unspecified atom stereocenters. The van der Waals surface area contributed by atoms with Gasteiger partial charge in [-0.3, -0.25) is 24.1 Å². The summed E-state index contributed by atoms with van der Waals surface area (Å²) in [6.07, 6.45) is -0.229. The first-order valence-electron chi connectivity index (χ1n) is 10.9. The lowest BCUT2D eigenvalue weighted by Crippen LogP contribution is -2.32. The summed E-state index contributed by atoms with van der Waals surface area (Å²) in [5.74, 6) is -1.77. The number of para-hydroxylation sites is 1. The SMILES string of the molecule is COc1cc2c(cc1NC(=O)COC(=O)CCN1C(=O)c3ccccc3C1=O)oc1ccccc12. The Kier molecular flexibility index (Phi) is 5.66. The van der Waals surface area contributed by atoms with Gasteiger partial charge in [-0.05, 0) is 24.3 Å². The number of benzene rings is 3. The van der Waals surface area contributed by atoms with Gasteiger partial charge in [0.2, 0.25) is 0 Å². The van der Waals surface area contributed by atoms with Gasteiger partial charge in [-0.25, -0.2) is 0 Å². The van der Waals surface area contributed by atoms with Crippen molar-refractivity contribution in [1.82, 2.24) is 4.90 Å². The van der Waals surface area contributed by atoms with Crippen molar-refractivity contribution >= 4 is 51.3 Å². The minimum absolute atomic E-state index is 0.136. The van der Waals surface area contributed by atoms with Crippen molar-refractivity contribution in [2.24, 2.45) is 0 Å². The molecule has 0 atom stereocenters. The van der Waals surface area contributed by atoms with Crippen molar-refractivity contribution in [1.29, 1.82) is 0 Å². The number of hydrogen-bond acceptors (Lipinski definition) is 7. The van der Waals surface area contributed by atoms with Crippen LogP contribution in [0.1, 0.15) is 27.1 Å². The van der Waals surface area contributed by atoms with E-state index in [-0.39, 0.29) is 13.0 Å². The number of esters is 1. The second-order valence-corrected chi connectivity index (χ2v) is 7.91. The molecule has 9 heteroatoms. The smallest absolute Gasteiger partial charge is 0.308 e. The van der Waals surface area contributed by atoms with Crippen LogP contribution in [-0.2, 0) is 14.3 Å². The molecule has 1 aliphatic heterocycles. The van der Waals surface area contributed by atoms with Gasteiger partial charge in [0.05, 0.1) is 30.3 Å². The lowest BCUT2D eigenvalue weighted by molar-refractivity contribution is -0.147. The first-order valence-corrected chi connectivity index (χ1v) is 10.9. The van der Waals surface area contributed by atoms with Gasteiger partial charge < -0.3 is 19.2 Å². The number of hydrogen-bond donors (Lipinski definition) is 1. The van der Waals surface area contributed by atoms with Crippen molar-refractivity contribution in [3.63, 3.8) is 0 Å². The molecule has 4 aromatic rings. The third-order valence-electron chi connectivity index (χ3n) is 5.75. The quantitative estimate of drug-likeness (QED) is 0.322. The minimum Gasteiger partial charge on any atom is -0.495 e. The van der Waals surface area contributed by atoms with E-state index < -0.39 is 30.3 Å². The van der Waals surface area contributed by atoms with E-state index in [4.69, 9.17) is 13.9 Å². The van der Waals surface area contributed by atoms with Gasteiger partial charge >= 0.3 is 5.97 Å². The molecule has 2 heterocycles. The summed E-state index contributed by atoms with van der Waals surface area (Å²) in [6, 6.07) is 17.4. The van der Waals surface area contributed by atoms with Crippen LogP contribution in [-0.4, -0.2) is 48.9 Å². The van der Waals surface area contributed by atoms with Crippen LogP contribution in [0.2, 0.25) is 0 Å². The van der Waals surface area contributed by atoms with Gasteiger partial charge in [-0.1, -0.05) is 30.3 Å². The van der Waals surface area contributed by atoms with Gasteiger partial charge in [0, 0.05) is 23.4 Å². The van der Waals surface area contributed by atoms with Crippen LogP contribution in [0.4, 0.5) is 5.69 Å². The summed E-state index contributed by atoms with van der Waals surface area (Å²) in [4.78, 5) is 50.3. The zero-order valence-corrected chi connectivity index (χ0v) is 18.7. The molecule has 9 nitrogen and oxygen atoms in total. The predicted octanol–water partition coefficient (Wildman–Crippen LogP) is 3.76. The summed E-state index contributed by atoms with van der Waals surface area (Å²) >= 11 is 0. The normalized spacial score (nSPS) is 12.8. The molecule has 0 fully saturated rings. The Morgan fingerprint density at radius 1 is 0.914 bits per heavy atom. The lowest BCUT2D eigenvalue weighted by Gasteiger charge is -2.13. The van der Waals surface area contributed by atoms with E-state index in [1.54, 1.807) is 36.4 Å². The number of fused-ring (bicyclic) bond motifs is 4. The molecule has 35 heavy (non-hydrogen) atoms. The zero-order valence-electron chi connectivity index (χ0n) is 18.7. The van der Waals surface area contributed by atoms with Crippen LogP contribution in [0.3, 0.4) is 0 Å². The zero-order chi connectivity index (χ0) is 24.5.